The maximum Gasteiger partial charge on any atom is 0.257 e. The zero-order valence-electron chi connectivity index (χ0n) is 12.8. The summed E-state index contributed by atoms with van der Waals surface area (Å²) >= 11 is 0. The first-order valence-corrected chi connectivity index (χ1v) is 7.46. The number of amides is 2. The van der Waals surface area contributed by atoms with Gasteiger partial charge in [-0.05, 0) is 24.6 Å². The first kappa shape index (κ1) is 15.5. The molecule has 2 aliphatic heterocycles. The number of ether oxygens (including phenoxy) is 2. The van der Waals surface area contributed by atoms with E-state index in [9.17, 15) is 14.4 Å². The quantitative estimate of drug-likeness (QED) is 0.807. The van der Waals surface area contributed by atoms with E-state index >= 15 is 0 Å². The molecule has 2 aliphatic rings. The number of hydrogen-bond acceptors (Lipinski definition) is 5. The first-order chi connectivity index (χ1) is 11.1. The Balaban J connectivity index is 1.80. The van der Waals surface area contributed by atoms with Crippen molar-refractivity contribution in [2.45, 2.75) is 18.6 Å². The zero-order valence-corrected chi connectivity index (χ0v) is 12.8. The minimum Gasteiger partial charge on any atom is -0.496 e. The van der Waals surface area contributed by atoms with E-state index in [0.29, 0.717) is 42.7 Å². The summed E-state index contributed by atoms with van der Waals surface area (Å²) < 4.78 is 10.7. The zero-order chi connectivity index (χ0) is 16.4. The lowest BCUT2D eigenvalue weighted by atomic mass is 9.99. The predicted octanol–water partition coefficient (Wildman–Crippen LogP) is 0.237. The van der Waals surface area contributed by atoms with Gasteiger partial charge >= 0.3 is 0 Å². The van der Waals surface area contributed by atoms with Crippen LogP contribution in [0.4, 0.5) is 0 Å². The van der Waals surface area contributed by atoms with Crippen LogP contribution in [0.5, 0.6) is 5.75 Å². The fourth-order valence-electron chi connectivity index (χ4n) is 3.02. The van der Waals surface area contributed by atoms with Gasteiger partial charge in [0.15, 0.2) is 0 Å². The Labute approximate surface area is 133 Å². The Morgan fingerprint density at radius 3 is 3.04 bits per heavy atom. The van der Waals surface area contributed by atoms with Gasteiger partial charge in [0.25, 0.3) is 5.91 Å². The molecule has 23 heavy (non-hydrogen) atoms. The van der Waals surface area contributed by atoms with Crippen LogP contribution in [-0.2, 0) is 9.53 Å². The molecular weight excluding hydrogens is 300 g/mol. The van der Waals surface area contributed by atoms with Gasteiger partial charge in [-0.3, -0.25) is 14.4 Å². The molecule has 7 nitrogen and oxygen atoms in total. The summed E-state index contributed by atoms with van der Waals surface area (Å²) in [5.74, 6) is 0.0385. The van der Waals surface area contributed by atoms with E-state index in [2.05, 4.69) is 5.32 Å². The van der Waals surface area contributed by atoms with Crippen LogP contribution in [0.15, 0.2) is 18.2 Å². The first-order valence-electron chi connectivity index (χ1n) is 7.46. The molecule has 0 saturated carbocycles. The molecule has 2 heterocycles. The molecule has 0 bridgehead atoms. The number of nitrogens with one attached hydrogen (secondary N) is 1. The van der Waals surface area contributed by atoms with Crippen LogP contribution in [-0.4, -0.2) is 62.0 Å². The molecule has 0 aromatic heterocycles. The molecule has 0 unspecified atom stereocenters. The summed E-state index contributed by atoms with van der Waals surface area (Å²) in [4.78, 5) is 36.8. The summed E-state index contributed by atoms with van der Waals surface area (Å²) in [5, 5.41) is 2.86. The van der Waals surface area contributed by atoms with Crippen LogP contribution in [0.1, 0.15) is 27.1 Å². The number of aldehydes is 1. The van der Waals surface area contributed by atoms with Crippen LogP contribution < -0.4 is 10.1 Å². The maximum atomic E-state index is 12.8. The van der Waals surface area contributed by atoms with E-state index in [-0.39, 0.29) is 30.6 Å². The third-order valence-electron chi connectivity index (χ3n) is 4.20. The number of rotatable bonds is 3. The fourth-order valence-corrected chi connectivity index (χ4v) is 3.02. The molecule has 3 rings (SSSR count). The number of likely N-dealkylation sites (tertiary alicyclic amines) is 1. The highest BCUT2D eigenvalue weighted by Gasteiger charge is 2.37. The number of carbonyl (C=O) groups excluding carboxylic acids is 3. The number of fused-ring (bicyclic) bond motifs is 1. The Hall–Kier alpha value is -2.41. The van der Waals surface area contributed by atoms with Gasteiger partial charge in [-0.2, -0.15) is 0 Å². The highest BCUT2D eigenvalue weighted by Crippen LogP contribution is 2.24. The van der Waals surface area contributed by atoms with E-state index < -0.39 is 0 Å². The van der Waals surface area contributed by atoms with Crippen molar-refractivity contribution in [1.82, 2.24) is 10.2 Å². The van der Waals surface area contributed by atoms with Crippen molar-refractivity contribution in [3.05, 3.63) is 29.3 Å². The molecule has 0 spiro atoms. The van der Waals surface area contributed by atoms with Gasteiger partial charge in [-0.15, -0.1) is 0 Å². The Bertz CT molecular complexity index is 645. The van der Waals surface area contributed by atoms with Gasteiger partial charge in [0.05, 0.1) is 24.8 Å². The van der Waals surface area contributed by atoms with Crippen molar-refractivity contribution in [1.29, 1.82) is 0 Å². The van der Waals surface area contributed by atoms with Gasteiger partial charge in [-0.25, -0.2) is 0 Å². The molecular formula is C16H18N2O5. The van der Waals surface area contributed by atoms with Crippen LogP contribution in [0.3, 0.4) is 0 Å². The standard InChI is InChI=1S/C16H18N2O5/c1-22-13-3-2-10(8-19)6-11(13)16(21)18-5-4-14-12(7-18)17-15(20)9-23-14/h2-3,6,8,12,14H,4-5,7,9H2,1H3,(H,17,20)/t12-,14+/m1/s1. The minimum atomic E-state index is -0.219. The van der Waals surface area contributed by atoms with Crippen molar-refractivity contribution in [3.63, 3.8) is 0 Å². The molecule has 122 valence electrons. The molecule has 0 aliphatic carbocycles. The van der Waals surface area contributed by atoms with Crippen molar-refractivity contribution < 1.29 is 23.9 Å². The van der Waals surface area contributed by atoms with Gasteiger partial charge in [0.2, 0.25) is 5.91 Å². The molecule has 1 aromatic rings. The van der Waals surface area contributed by atoms with Crippen LogP contribution in [0, 0.1) is 0 Å². The Morgan fingerprint density at radius 1 is 1.48 bits per heavy atom. The smallest absolute Gasteiger partial charge is 0.257 e. The predicted molar refractivity (Wildman–Crippen MR) is 80.6 cm³/mol. The molecule has 2 atom stereocenters. The Kier molecular flexibility index (Phi) is 4.29. The van der Waals surface area contributed by atoms with Gasteiger partial charge < -0.3 is 19.7 Å². The van der Waals surface area contributed by atoms with Crippen LogP contribution >= 0.6 is 0 Å². The van der Waals surface area contributed by atoms with Crippen molar-refractivity contribution in [3.8, 4) is 5.75 Å². The van der Waals surface area contributed by atoms with E-state index in [1.807, 2.05) is 0 Å². The van der Waals surface area contributed by atoms with E-state index in [0.717, 1.165) is 0 Å². The number of hydrogen-bond donors (Lipinski definition) is 1. The molecule has 2 fully saturated rings. The molecule has 7 heteroatoms. The number of benzene rings is 1. The molecule has 2 saturated heterocycles. The average molecular weight is 318 g/mol. The number of piperidine rings is 1. The second kappa shape index (κ2) is 6.37. The highest BCUT2D eigenvalue weighted by molar-refractivity contribution is 5.98. The largest absolute Gasteiger partial charge is 0.496 e. The lowest BCUT2D eigenvalue weighted by Crippen LogP contribution is -2.61. The fraction of sp³-hybridized carbons (Fsp3) is 0.438. The summed E-state index contributed by atoms with van der Waals surface area (Å²) in [6, 6.07) is 4.53. The van der Waals surface area contributed by atoms with Crippen LogP contribution in [0.2, 0.25) is 0 Å². The van der Waals surface area contributed by atoms with Gasteiger partial charge in [-0.1, -0.05) is 0 Å². The summed E-state index contributed by atoms with van der Waals surface area (Å²) in [5.41, 5.74) is 0.761. The Morgan fingerprint density at radius 2 is 2.30 bits per heavy atom. The normalized spacial score (nSPS) is 23.7. The number of methoxy groups -OCH3 is 1. The van der Waals surface area contributed by atoms with Gasteiger partial charge in [0, 0.05) is 18.7 Å². The second-order valence-corrected chi connectivity index (χ2v) is 5.64. The molecule has 1 aromatic carbocycles. The monoisotopic (exact) mass is 318 g/mol. The number of nitrogens with zero attached hydrogens (tertiary/aromatic N) is 1. The van der Waals surface area contributed by atoms with Gasteiger partial charge in [0.1, 0.15) is 18.6 Å². The number of morpholine rings is 1. The maximum absolute atomic E-state index is 12.8. The van der Waals surface area contributed by atoms with Crippen LogP contribution in [0.25, 0.3) is 0 Å². The molecule has 0 radical (unpaired) electrons. The van der Waals surface area contributed by atoms with Crippen molar-refractivity contribution in [2.75, 3.05) is 26.8 Å². The van der Waals surface area contributed by atoms with E-state index in [1.54, 1.807) is 17.0 Å². The third kappa shape index (κ3) is 3.05. The second-order valence-electron chi connectivity index (χ2n) is 5.64. The summed E-state index contributed by atoms with van der Waals surface area (Å²) in [6.07, 6.45) is 1.30. The minimum absolute atomic E-state index is 0.0556. The lowest BCUT2D eigenvalue weighted by molar-refractivity contribution is -0.139. The lowest BCUT2D eigenvalue weighted by Gasteiger charge is -2.41. The molecule has 1 N–H and O–H groups in total. The summed E-state index contributed by atoms with van der Waals surface area (Å²) in [6.45, 7) is 0.984. The topological polar surface area (TPSA) is 84.9 Å². The average Bonchev–Trinajstić information content (AvgIpc) is 2.59. The van der Waals surface area contributed by atoms with Crippen molar-refractivity contribution in [2.24, 2.45) is 0 Å². The highest BCUT2D eigenvalue weighted by atomic mass is 16.5. The van der Waals surface area contributed by atoms with E-state index in [4.69, 9.17) is 9.47 Å². The molecule has 2 amide bonds. The number of carbonyl (C=O) groups is 3. The van der Waals surface area contributed by atoms with E-state index in [1.165, 1.54) is 13.2 Å². The third-order valence-corrected chi connectivity index (χ3v) is 4.20. The summed E-state index contributed by atoms with van der Waals surface area (Å²) in [7, 11) is 1.48. The SMILES string of the molecule is COc1ccc(C=O)cc1C(=O)N1CC[C@@H]2OCC(=O)N[C@@H]2C1. The van der Waals surface area contributed by atoms with Crippen molar-refractivity contribution >= 4 is 18.1 Å².